The maximum Gasteiger partial charge on any atom is 0.0420 e. The summed E-state index contributed by atoms with van der Waals surface area (Å²) in [5.41, 5.74) is 3.62. The molecule has 2 aromatic rings. The lowest BCUT2D eigenvalue weighted by atomic mass is 9.99. The van der Waals surface area contributed by atoms with E-state index in [0.29, 0.717) is 6.04 Å². The predicted molar refractivity (Wildman–Crippen MR) is 68.7 cm³/mol. The average Bonchev–Trinajstić information content (AvgIpc) is 2.38. The molecule has 17 heavy (non-hydrogen) atoms. The van der Waals surface area contributed by atoms with Gasteiger partial charge in [0.15, 0.2) is 0 Å². The quantitative estimate of drug-likeness (QED) is 0.870. The number of aryl methyl sites for hydroxylation is 1. The second-order valence-electron chi connectivity index (χ2n) is 4.08. The van der Waals surface area contributed by atoms with E-state index in [2.05, 4.69) is 33.5 Å². The molecule has 0 saturated carbocycles. The van der Waals surface area contributed by atoms with Gasteiger partial charge < -0.3 is 5.32 Å². The summed E-state index contributed by atoms with van der Waals surface area (Å²) in [6.45, 7) is 2.05. The molecule has 0 radical (unpaired) electrons. The van der Waals surface area contributed by atoms with Crippen LogP contribution in [-0.2, 0) is 6.42 Å². The second-order valence-corrected chi connectivity index (χ2v) is 4.08. The van der Waals surface area contributed by atoms with E-state index in [4.69, 9.17) is 0 Å². The van der Waals surface area contributed by atoms with Gasteiger partial charge in [0, 0.05) is 30.3 Å². The number of hydrogen-bond acceptors (Lipinski definition) is 3. The molecule has 0 spiro atoms. The largest absolute Gasteiger partial charge is 0.313 e. The summed E-state index contributed by atoms with van der Waals surface area (Å²) in [5.74, 6) is 0. The van der Waals surface area contributed by atoms with Crippen LogP contribution in [0.4, 0.5) is 0 Å². The molecule has 0 amide bonds. The van der Waals surface area contributed by atoms with E-state index in [-0.39, 0.29) is 0 Å². The fourth-order valence-electron chi connectivity index (χ4n) is 1.99. The van der Waals surface area contributed by atoms with Crippen LogP contribution in [0, 0.1) is 6.92 Å². The Bertz CT molecular complexity index is 468. The zero-order chi connectivity index (χ0) is 12.1. The van der Waals surface area contributed by atoms with Crippen LogP contribution in [0.15, 0.2) is 42.9 Å². The van der Waals surface area contributed by atoms with Crippen LogP contribution in [0.3, 0.4) is 0 Å². The van der Waals surface area contributed by atoms with Crippen LogP contribution >= 0.6 is 0 Å². The van der Waals surface area contributed by atoms with Crippen molar-refractivity contribution in [2.75, 3.05) is 7.05 Å². The Hall–Kier alpha value is -1.74. The molecule has 0 saturated heterocycles. The first-order chi connectivity index (χ1) is 8.31. The number of nitrogens with zero attached hydrogens (tertiary/aromatic N) is 2. The summed E-state index contributed by atoms with van der Waals surface area (Å²) in [7, 11) is 1.98. The minimum atomic E-state index is 0.297. The van der Waals surface area contributed by atoms with Crippen LogP contribution in [0.5, 0.6) is 0 Å². The van der Waals surface area contributed by atoms with Crippen LogP contribution in [-0.4, -0.2) is 17.0 Å². The van der Waals surface area contributed by atoms with E-state index in [1.807, 2.05) is 38.6 Å². The van der Waals surface area contributed by atoms with Gasteiger partial charge in [0.2, 0.25) is 0 Å². The first-order valence-corrected chi connectivity index (χ1v) is 5.79. The first-order valence-electron chi connectivity index (χ1n) is 5.79. The summed E-state index contributed by atoms with van der Waals surface area (Å²) in [6.07, 6.45) is 6.44. The predicted octanol–water partition coefficient (Wildman–Crippen LogP) is 2.29. The van der Waals surface area contributed by atoms with Gasteiger partial charge in [0.25, 0.3) is 0 Å². The SMILES string of the molecule is CNC(Cc1ccncc1)c1cccnc1C. The van der Waals surface area contributed by atoms with Gasteiger partial charge in [-0.15, -0.1) is 0 Å². The molecule has 0 fully saturated rings. The molecule has 1 atom stereocenters. The van der Waals surface area contributed by atoms with Gasteiger partial charge in [0.1, 0.15) is 0 Å². The molecule has 0 bridgehead atoms. The van der Waals surface area contributed by atoms with Crippen LogP contribution in [0.1, 0.15) is 22.9 Å². The maximum atomic E-state index is 4.34. The average molecular weight is 227 g/mol. The van der Waals surface area contributed by atoms with Crippen LogP contribution in [0.2, 0.25) is 0 Å². The molecular weight excluding hydrogens is 210 g/mol. The molecule has 1 N–H and O–H groups in total. The fraction of sp³-hybridized carbons (Fsp3) is 0.286. The van der Waals surface area contributed by atoms with Gasteiger partial charge in [-0.2, -0.15) is 0 Å². The van der Waals surface area contributed by atoms with E-state index in [0.717, 1.165) is 12.1 Å². The topological polar surface area (TPSA) is 37.8 Å². The summed E-state index contributed by atoms with van der Waals surface area (Å²) < 4.78 is 0. The Kier molecular flexibility index (Phi) is 3.83. The summed E-state index contributed by atoms with van der Waals surface area (Å²) in [6, 6.07) is 8.52. The van der Waals surface area contributed by atoms with Crippen molar-refractivity contribution in [3.8, 4) is 0 Å². The molecule has 0 aliphatic carbocycles. The normalized spacial score (nSPS) is 12.4. The summed E-state index contributed by atoms with van der Waals surface area (Å²) in [5, 5.41) is 3.35. The lowest BCUT2D eigenvalue weighted by Gasteiger charge is -2.18. The van der Waals surface area contributed by atoms with Gasteiger partial charge in [0.05, 0.1) is 0 Å². The Labute approximate surface area is 102 Å². The monoisotopic (exact) mass is 227 g/mol. The maximum absolute atomic E-state index is 4.34. The van der Waals surface area contributed by atoms with Crippen molar-refractivity contribution in [2.45, 2.75) is 19.4 Å². The zero-order valence-corrected chi connectivity index (χ0v) is 10.2. The molecule has 2 heterocycles. The number of pyridine rings is 2. The zero-order valence-electron chi connectivity index (χ0n) is 10.2. The number of aromatic nitrogens is 2. The summed E-state index contributed by atoms with van der Waals surface area (Å²) >= 11 is 0. The van der Waals surface area contributed by atoms with E-state index in [9.17, 15) is 0 Å². The third kappa shape index (κ3) is 2.88. The van der Waals surface area contributed by atoms with E-state index < -0.39 is 0 Å². The van der Waals surface area contributed by atoms with Crippen molar-refractivity contribution in [1.82, 2.24) is 15.3 Å². The van der Waals surface area contributed by atoms with Gasteiger partial charge in [-0.05, 0) is 49.7 Å². The summed E-state index contributed by atoms with van der Waals surface area (Å²) in [4.78, 5) is 8.37. The highest BCUT2D eigenvalue weighted by atomic mass is 14.9. The van der Waals surface area contributed by atoms with Crippen molar-refractivity contribution >= 4 is 0 Å². The third-order valence-electron chi connectivity index (χ3n) is 2.96. The number of likely N-dealkylation sites (N-methyl/N-ethyl adjacent to an activating group) is 1. The van der Waals surface area contributed by atoms with Crippen molar-refractivity contribution in [3.05, 3.63) is 59.7 Å². The number of nitrogens with one attached hydrogen (secondary N) is 1. The Morgan fingerprint density at radius 2 is 1.94 bits per heavy atom. The highest BCUT2D eigenvalue weighted by molar-refractivity contribution is 5.25. The Morgan fingerprint density at radius 1 is 1.18 bits per heavy atom. The van der Waals surface area contributed by atoms with Crippen molar-refractivity contribution in [1.29, 1.82) is 0 Å². The molecule has 0 aliphatic heterocycles. The van der Waals surface area contributed by atoms with Crippen LogP contribution in [0.25, 0.3) is 0 Å². The molecule has 2 aromatic heterocycles. The molecule has 0 aliphatic rings. The molecule has 3 heteroatoms. The van der Waals surface area contributed by atoms with E-state index in [1.54, 1.807) is 0 Å². The van der Waals surface area contributed by atoms with Gasteiger partial charge in [-0.1, -0.05) is 6.07 Å². The fourth-order valence-corrected chi connectivity index (χ4v) is 1.99. The van der Waals surface area contributed by atoms with Gasteiger partial charge in [-0.3, -0.25) is 9.97 Å². The number of rotatable bonds is 4. The van der Waals surface area contributed by atoms with Gasteiger partial charge in [-0.25, -0.2) is 0 Å². The molecule has 0 aromatic carbocycles. The molecular formula is C14H17N3. The number of hydrogen-bond donors (Lipinski definition) is 1. The second kappa shape index (κ2) is 5.55. The lowest BCUT2D eigenvalue weighted by Crippen LogP contribution is -2.20. The highest BCUT2D eigenvalue weighted by Gasteiger charge is 2.12. The smallest absolute Gasteiger partial charge is 0.0420 e. The van der Waals surface area contributed by atoms with Crippen LogP contribution < -0.4 is 5.32 Å². The first kappa shape index (κ1) is 11.7. The highest BCUT2D eigenvalue weighted by Crippen LogP contribution is 2.19. The Morgan fingerprint density at radius 3 is 2.59 bits per heavy atom. The minimum Gasteiger partial charge on any atom is -0.313 e. The Balaban J connectivity index is 2.21. The third-order valence-corrected chi connectivity index (χ3v) is 2.96. The molecule has 88 valence electrons. The standard InChI is InChI=1S/C14H17N3/c1-11-13(4-3-7-17-11)14(15-2)10-12-5-8-16-9-6-12/h3-9,14-15H,10H2,1-2H3. The molecule has 2 rings (SSSR count). The van der Waals surface area contributed by atoms with E-state index >= 15 is 0 Å². The van der Waals surface area contributed by atoms with Gasteiger partial charge >= 0.3 is 0 Å². The van der Waals surface area contributed by atoms with Crippen molar-refractivity contribution in [2.24, 2.45) is 0 Å². The van der Waals surface area contributed by atoms with Crippen molar-refractivity contribution < 1.29 is 0 Å². The van der Waals surface area contributed by atoms with Crippen molar-refractivity contribution in [3.63, 3.8) is 0 Å². The molecule has 1 unspecified atom stereocenters. The minimum absolute atomic E-state index is 0.297. The van der Waals surface area contributed by atoms with E-state index in [1.165, 1.54) is 11.1 Å². The molecule has 3 nitrogen and oxygen atoms in total. The lowest BCUT2D eigenvalue weighted by molar-refractivity contribution is 0.585.